The van der Waals surface area contributed by atoms with Gasteiger partial charge in [0.05, 0.1) is 18.3 Å². The summed E-state index contributed by atoms with van der Waals surface area (Å²) in [5, 5.41) is 4.52. The molecule has 1 aromatic heterocycles. The minimum Gasteiger partial charge on any atom is -0.383 e. The Morgan fingerprint density at radius 3 is 2.67 bits per heavy atom. The molecule has 0 aliphatic carbocycles. The quantitative estimate of drug-likeness (QED) is 0.791. The predicted octanol–water partition coefficient (Wildman–Crippen LogP) is 1.09. The van der Waals surface area contributed by atoms with Crippen molar-refractivity contribution in [2.45, 2.75) is 33.2 Å². The first-order valence-corrected chi connectivity index (χ1v) is 6.54. The smallest absolute Gasteiger partial charge is 0.130 e. The zero-order valence-corrected chi connectivity index (χ0v) is 12.2. The first kappa shape index (κ1) is 15.0. The summed E-state index contributed by atoms with van der Waals surface area (Å²) in [6, 6.07) is 0.325. The second kappa shape index (κ2) is 6.75. The van der Waals surface area contributed by atoms with Crippen LogP contribution in [-0.4, -0.2) is 42.6 Å². The Kier molecular flexibility index (Phi) is 5.62. The highest BCUT2D eigenvalue weighted by Crippen LogP contribution is 2.25. The molecule has 1 unspecified atom stereocenters. The summed E-state index contributed by atoms with van der Waals surface area (Å²) >= 11 is 0. The SMILES string of the molecule is CCN(c1c(CCN)c(C)nn1C)C(C)COC. The molecule has 0 aromatic carbocycles. The van der Waals surface area contributed by atoms with E-state index in [-0.39, 0.29) is 0 Å². The molecule has 1 aromatic rings. The van der Waals surface area contributed by atoms with E-state index in [1.165, 1.54) is 11.4 Å². The summed E-state index contributed by atoms with van der Waals surface area (Å²) in [6.45, 7) is 8.66. The zero-order chi connectivity index (χ0) is 13.7. The molecule has 0 fully saturated rings. The molecule has 1 atom stereocenters. The van der Waals surface area contributed by atoms with Gasteiger partial charge in [0.2, 0.25) is 0 Å². The van der Waals surface area contributed by atoms with Gasteiger partial charge in [0, 0.05) is 26.3 Å². The number of hydrogen-bond donors (Lipinski definition) is 1. The molecular formula is C13H26N4O. The van der Waals surface area contributed by atoms with Crippen LogP contribution in [0.3, 0.4) is 0 Å². The summed E-state index contributed by atoms with van der Waals surface area (Å²) < 4.78 is 7.21. The Labute approximate surface area is 110 Å². The zero-order valence-electron chi connectivity index (χ0n) is 12.2. The molecule has 5 heteroatoms. The van der Waals surface area contributed by atoms with Gasteiger partial charge in [-0.05, 0) is 33.7 Å². The van der Waals surface area contributed by atoms with E-state index in [2.05, 4.69) is 23.8 Å². The van der Waals surface area contributed by atoms with Gasteiger partial charge in [-0.25, -0.2) is 0 Å². The van der Waals surface area contributed by atoms with Crippen LogP contribution in [0.25, 0.3) is 0 Å². The van der Waals surface area contributed by atoms with Crippen LogP contribution in [0.2, 0.25) is 0 Å². The van der Waals surface area contributed by atoms with Crippen LogP contribution >= 0.6 is 0 Å². The standard InChI is InChI=1S/C13H26N4O/c1-6-17(10(2)9-18-5)13-12(7-8-14)11(3)15-16(13)4/h10H,6-9,14H2,1-5H3. The van der Waals surface area contributed by atoms with Gasteiger partial charge < -0.3 is 15.4 Å². The summed E-state index contributed by atoms with van der Waals surface area (Å²) in [7, 11) is 3.73. The van der Waals surface area contributed by atoms with E-state index >= 15 is 0 Å². The topological polar surface area (TPSA) is 56.3 Å². The third-order valence-corrected chi connectivity index (χ3v) is 3.26. The lowest BCUT2D eigenvalue weighted by Gasteiger charge is -2.30. The van der Waals surface area contributed by atoms with Crippen molar-refractivity contribution < 1.29 is 4.74 Å². The number of likely N-dealkylation sites (N-methyl/N-ethyl adjacent to an activating group) is 1. The Balaban J connectivity index is 3.11. The van der Waals surface area contributed by atoms with Gasteiger partial charge in [0.25, 0.3) is 0 Å². The van der Waals surface area contributed by atoms with E-state index in [1.807, 2.05) is 18.7 Å². The Morgan fingerprint density at radius 2 is 2.17 bits per heavy atom. The van der Waals surface area contributed by atoms with Crippen LogP contribution < -0.4 is 10.6 Å². The highest BCUT2D eigenvalue weighted by Gasteiger charge is 2.21. The lowest BCUT2D eigenvalue weighted by molar-refractivity contribution is 0.181. The van der Waals surface area contributed by atoms with Crippen molar-refractivity contribution in [3.8, 4) is 0 Å². The number of aromatic nitrogens is 2. The van der Waals surface area contributed by atoms with Gasteiger partial charge in [-0.15, -0.1) is 0 Å². The maximum atomic E-state index is 5.70. The number of hydrogen-bond acceptors (Lipinski definition) is 4. The first-order chi connectivity index (χ1) is 8.56. The molecule has 0 bridgehead atoms. The molecular weight excluding hydrogens is 228 g/mol. The molecule has 0 spiro atoms. The normalized spacial score (nSPS) is 12.8. The van der Waals surface area contributed by atoms with Gasteiger partial charge >= 0.3 is 0 Å². The lowest BCUT2D eigenvalue weighted by atomic mass is 10.1. The van der Waals surface area contributed by atoms with Crippen LogP contribution in [0.1, 0.15) is 25.1 Å². The Morgan fingerprint density at radius 1 is 1.50 bits per heavy atom. The summed E-state index contributed by atoms with van der Waals surface area (Å²) in [5.41, 5.74) is 8.03. The van der Waals surface area contributed by atoms with Crippen molar-refractivity contribution >= 4 is 5.82 Å². The number of nitrogens with zero attached hydrogens (tertiary/aromatic N) is 3. The van der Waals surface area contributed by atoms with Crippen molar-refractivity contribution in [2.24, 2.45) is 12.8 Å². The molecule has 0 saturated heterocycles. The van der Waals surface area contributed by atoms with Gasteiger partial charge in [-0.3, -0.25) is 4.68 Å². The average molecular weight is 254 g/mol. The summed E-state index contributed by atoms with van der Waals surface area (Å²) in [4.78, 5) is 2.33. The van der Waals surface area contributed by atoms with E-state index in [1.54, 1.807) is 7.11 Å². The minimum absolute atomic E-state index is 0.325. The first-order valence-electron chi connectivity index (χ1n) is 6.54. The fraction of sp³-hybridized carbons (Fsp3) is 0.769. The molecule has 0 saturated carbocycles. The monoisotopic (exact) mass is 254 g/mol. The van der Waals surface area contributed by atoms with Crippen LogP contribution in [0, 0.1) is 6.92 Å². The highest BCUT2D eigenvalue weighted by molar-refractivity contribution is 5.51. The van der Waals surface area contributed by atoms with Crippen molar-refractivity contribution in [2.75, 3.05) is 31.7 Å². The average Bonchev–Trinajstić information content (AvgIpc) is 2.58. The number of nitrogens with two attached hydrogens (primary N) is 1. The highest BCUT2D eigenvalue weighted by atomic mass is 16.5. The second-order valence-electron chi connectivity index (χ2n) is 4.64. The third-order valence-electron chi connectivity index (χ3n) is 3.26. The molecule has 1 heterocycles. The fourth-order valence-electron chi connectivity index (χ4n) is 2.49. The maximum absolute atomic E-state index is 5.70. The fourth-order valence-corrected chi connectivity index (χ4v) is 2.49. The molecule has 1 rings (SSSR count). The van der Waals surface area contributed by atoms with E-state index in [0.717, 1.165) is 18.7 Å². The van der Waals surface area contributed by atoms with E-state index in [4.69, 9.17) is 10.5 Å². The molecule has 5 nitrogen and oxygen atoms in total. The van der Waals surface area contributed by atoms with E-state index in [9.17, 15) is 0 Å². The van der Waals surface area contributed by atoms with E-state index < -0.39 is 0 Å². The predicted molar refractivity (Wildman–Crippen MR) is 75.1 cm³/mol. The maximum Gasteiger partial charge on any atom is 0.130 e. The van der Waals surface area contributed by atoms with Crippen molar-refractivity contribution in [1.82, 2.24) is 9.78 Å². The number of ether oxygens (including phenoxy) is 1. The summed E-state index contributed by atoms with van der Waals surface area (Å²) in [6.07, 6.45) is 0.866. The molecule has 0 radical (unpaired) electrons. The Bertz CT molecular complexity index is 375. The molecule has 0 amide bonds. The van der Waals surface area contributed by atoms with Crippen LogP contribution in [0.4, 0.5) is 5.82 Å². The van der Waals surface area contributed by atoms with Crippen LogP contribution in [0.5, 0.6) is 0 Å². The van der Waals surface area contributed by atoms with Crippen LogP contribution in [0.15, 0.2) is 0 Å². The lowest BCUT2D eigenvalue weighted by Crippen LogP contribution is -2.38. The van der Waals surface area contributed by atoms with Gasteiger partial charge in [-0.2, -0.15) is 5.10 Å². The number of methoxy groups -OCH3 is 1. The van der Waals surface area contributed by atoms with E-state index in [0.29, 0.717) is 19.2 Å². The largest absolute Gasteiger partial charge is 0.383 e. The van der Waals surface area contributed by atoms with Gasteiger partial charge in [0.15, 0.2) is 0 Å². The molecule has 104 valence electrons. The molecule has 0 aliphatic heterocycles. The third kappa shape index (κ3) is 3.03. The molecule has 18 heavy (non-hydrogen) atoms. The van der Waals surface area contributed by atoms with Crippen molar-refractivity contribution in [1.29, 1.82) is 0 Å². The van der Waals surface area contributed by atoms with Crippen LogP contribution in [-0.2, 0) is 18.2 Å². The second-order valence-corrected chi connectivity index (χ2v) is 4.64. The van der Waals surface area contributed by atoms with Crippen molar-refractivity contribution in [3.63, 3.8) is 0 Å². The summed E-state index contributed by atoms with van der Waals surface area (Å²) in [5.74, 6) is 1.17. The number of rotatable bonds is 7. The van der Waals surface area contributed by atoms with Gasteiger partial charge in [0.1, 0.15) is 5.82 Å². The Hall–Kier alpha value is -1.07. The minimum atomic E-state index is 0.325. The van der Waals surface area contributed by atoms with Gasteiger partial charge in [-0.1, -0.05) is 0 Å². The van der Waals surface area contributed by atoms with Crippen molar-refractivity contribution in [3.05, 3.63) is 11.3 Å². The number of aryl methyl sites for hydroxylation is 2. The molecule has 0 aliphatic rings. The number of anilines is 1. The molecule has 2 N–H and O–H groups in total.